The number of halogens is 1. The predicted octanol–water partition coefficient (Wildman–Crippen LogP) is 2.57. The zero-order chi connectivity index (χ0) is 11.4. The summed E-state index contributed by atoms with van der Waals surface area (Å²) in [6.45, 7) is 0.545. The normalized spacial score (nSPS) is 12.6. The highest BCUT2D eigenvalue weighted by atomic mass is 32.1. The molecule has 2 N–H and O–H groups in total. The number of thiazole rings is 1. The fraction of sp³-hybridized carbons (Fsp3) is 0.250. The van der Waals surface area contributed by atoms with Gasteiger partial charge in [0.2, 0.25) is 0 Å². The van der Waals surface area contributed by atoms with Gasteiger partial charge < -0.3 is 5.73 Å². The topological polar surface area (TPSA) is 38.9 Å². The van der Waals surface area contributed by atoms with Crippen LogP contribution in [0.3, 0.4) is 0 Å². The quantitative estimate of drug-likeness (QED) is 0.886. The number of nitrogens with zero attached hydrogens (tertiary/aromatic N) is 1. The molecule has 0 saturated carbocycles. The highest BCUT2D eigenvalue weighted by molar-refractivity contribution is 7.07. The molecule has 0 aliphatic heterocycles. The van der Waals surface area contributed by atoms with E-state index in [-0.39, 0.29) is 11.7 Å². The Labute approximate surface area is 97.9 Å². The minimum atomic E-state index is -0.215. The molecule has 4 heteroatoms. The predicted molar refractivity (Wildman–Crippen MR) is 64.0 cm³/mol. The first-order chi connectivity index (χ1) is 7.79. The van der Waals surface area contributed by atoms with Gasteiger partial charge in [-0.15, -0.1) is 11.3 Å². The first kappa shape index (κ1) is 11.2. The summed E-state index contributed by atoms with van der Waals surface area (Å²) in [4.78, 5) is 4.24. The van der Waals surface area contributed by atoms with E-state index in [9.17, 15) is 4.39 Å². The van der Waals surface area contributed by atoms with Crippen LogP contribution in [0.2, 0.25) is 0 Å². The summed E-state index contributed by atoms with van der Waals surface area (Å²) in [5, 5.41) is 2.02. The number of rotatable bonds is 4. The van der Waals surface area contributed by atoms with Crippen LogP contribution in [-0.4, -0.2) is 11.5 Å². The lowest BCUT2D eigenvalue weighted by Crippen LogP contribution is -2.15. The maximum atomic E-state index is 12.8. The SMILES string of the molecule is NCC(Cc1cscn1)c1ccc(F)cc1. The molecule has 2 nitrogen and oxygen atoms in total. The monoisotopic (exact) mass is 236 g/mol. The number of nitrogens with two attached hydrogens (primary N) is 1. The van der Waals surface area contributed by atoms with Crippen molar-refractivity contribution < 1.29 is 4.39 Å². The maximum absolute atomic E-state index is 12.8. The van der Waals surface area contributed by atoms with Crippen LogP contribution in [0, 0.1) is 5.82 Å². The molecule has 0 radical (unpaired) electrons. The van der Waals surface area contributed by atoms with Crippen LogP contribution >= 0.6 is 11.3 Å². The lowest BCUT2D eigenvalue weighted by atomic mass is 9.95. The van der Waals surface area contributed by atoms with Crippen molar-refractivity contribution >= 4 is 11.3 Å². The van der Waals surface area contributed by atoms with E-state index in [1.165, 1.54) is 12.1 Å². The average molecular weight is 236 g/mol. The lowest BCUT2D eigenvalue weighted by molar-refractivity contribution is 0.623. The van der Waals surface area contributed by atoms with Crippen LogP contribution in [0.25, 0.3) is 0 Å². The number of aromatic nitrogens is 1. The number of hydrogen-bond donors (Lipinski definition) is 1. The van der Waals surface area contributed by atoms with Crippen molar-refractivity contribution in [1.82, 2.24) is 4.98 Å². The minimum absolute atomic E-state index is 0.211. The summed E-state index contributed by atoms with van der Waals surface area (Å²) >= 11 is 1.58. The van der Waals surface area contributed by atoms with Crippen molar-refractivity contribution in [3.63, 3.8) is 0 Å². The largest absolute Gasteiger partial charge is 0.330 e. The molecule has 1 aromatic carbocycles. The van der Waals surface area contributed by atoms with Gasteiger partial charge in [0.15, 0.2) is 0 Å². The zero-order valence-corrected chi connectivity index (χ0v) is 9.58. The molecule has 0 aliphatic rings. The molecular formula is C12H13FN2S. The van der Waals surface area contributed by atoms with Crippen molar-refractivity contribution in [1.29, 1.82) is 0 Å². The van der Waals surface area contributed by atoms with Gasteiger partial charge in [-0.3, -0.25) is 0 Å². The maximum Gasteiger partial charge on any atom is 0.123 e. The molecule has 1 unspecified atom stereocenters. The van der Waals surface area contributed by atoms with Crippen molar-refractivity contribution in [3.8, 4) is 0 Å². The van der Waals surface area contributed by atoms with Crippen molar-refractivity contribution in [2.24, 2.45) is 5.73 Å². The van der Waals surface area contributed by atoms with Crippen LogP contribution < -0.4 is 5.73 Å². The molecular weight excluding hydrogens is 223 g/mol. The van der Waals surface area contributed by atoms with Gasteiger partial charge in [-0.05, 0) is 30.7 Å². The van der Waals surface area contributed by atoms with Gasteiger partial charge in [0.05, 0.1) is 11.2 Å². The van der Waals surface area contributed by atoms with Crippen LogP contribution in [0.1, 0.15) is 17.2 Å². The number of hydrogen-bond acceptors (Lipinski definition) is 3. The third kappa shape index (κ3) is 2.65. The summed E-state index contributed by atoms with van der Waals surface area (Å²) in [5.74, 6) is -0.00382. The van der Waals surface area contributed by atoms with Crippen LogP contribution in [0.4, 0.5) is 4.39 Å². The highest BCUT2D eigenvalue weighted by Crippen LogP contribution is 2.20. The third-order valence-corrected chi connectivity index (χ3v) is 3.20. The first-order valence-corrected chi connectivity index (χ1v) is 6.06. The van der Waals surface area contributed by atoms with Crippen LogP contribution in [-0.2, 0) is 6.42 Å². The standard InChI is InChI=1S/C12H13FN2S/c13-11-3-1-9(2-4-11)10(6-14)5-12-7-16-8-15-12/h1-4,7-8,10H,5-6,14H2. The highest BCUT2D eigenvalue weighted by Gasteiger charge is 2.11. The molecule has 2 rings (SSSR count). The molecule has 0 spiro atoms. The van der Waals surface area contributed by atoms with Gasteiger partial charge in [0.25, 0.3) is 0 Å². The Morgan fingerprint density at radius 1 is 1.31 bits per heavy atom. The molecule has 84 valence electrons. The smallest absolute Gasteiger partial charge is 0.123 e. The second kappa shape index (κ2) is 5.18. The molecule has 0 saturated heterocycles. The second-order valence-corrected chi connectivity index (χ2v) is 4.39. The summed E-state index contributed by atoms with van der Waals surface area (Å²) in [5.41, 5.74) is 9.67. The summed E-state index contributed by atoms with van der Waals surface area (Å²) < 4.78 is 12.8. The van der Waals surface area contributed by atoms with E-state index in [0.717, 1.165) is 17.7 Å². The summed E-state index contributed by atoms with van der Waals surface area (Å²) in [7, 11) is 0. The minimum Gasteiger partial charge on any atom is -0.330 e. The number of benzene rings is 1. The first-order valence-electron chi connectivity index (χ1n) is 5.12. The Balaban J connectivity index is 2.13. The van der Waals surface area contributed by atoms with E-state index in [1.54, 1.807) is 23.5 Å². The van der Waals surface area contributed by atoms with E-state index in [1.807, 2.05) is 10.9 Å². The second-order valence-electron chi connectivity index (χ2n) is 3.67. The van der Waals surface area contributed by atoms with E-state index in [2.05, 4.69) is 4.98 Å². The molecule has 0 bridgehead atoms. The van der Waals surface area contributed by atoms with Gasteiger partial charge >= 0.3 is 0 Å². The van der Waals surface area contributed by atoms with E-state index in [4.69, 9.17) is 5.73 Å². The van der Waals surface area contributed by atoms with E-state index < -0.39 is 0 Å². The Morgan fingerprint density at radius 2 is 2.06 bits per heavy atom. The molecule has 2 aromatic rings. The van der Waals surface area contributed by atoms with Crippen LogP contribution in [0.5, 0.6) is 0 Å². The summed E-state index contributed by atoms with van der Waals surface area (Å²) in [6.07, 6.45) is 0.811. The lowest BCUT2D eigenvalue weighted by Gasteiger charge is -2.13. The van der Waals surface area contributed by atoms with Gasteiger partial charge in [0, 0.05) is 11.3 Å². The summed E-state index contributed by atoms with van der Waals surface area (Å²) in [6, 6.07) is 6.52. The van der Waals surface area contributed by atoms with Gasteiger partial charge in [-0.2, -0.15) is 0 Å². The van der Waals surface area contributed by atoms with Gasteiger partial charge in [-0.1, -0.05) is 12.1 Å². The third-order valence-electron chi connectivity index (χ3n) is 2.56. The molecule has 16 heavy (non-hydrogen) atoms. The molecule has 1 atom stereocenters. The Kier molecular flexibility index (Phi) is 3.64. The van der Waals surface area contributed by atoms with Crippen LogP contribution in [0.15, 0.2) is 35.2 Å². The molecule has 1 heterocycles. The van der Waals surface area contributed by atoms with Gasteiger partial charge in [0.1, 0.15) is 5.82 Å². The molecule has 0 fully saturated rings. The Morgan fingerprint density at radius 3 is 2.62 bits per heavy atom. The Bertz CT molecular complexity index is 425. The zero-order valence-electron chi connectivity index (χ0n) is 8.77. The fourth-order valence-electron chi connectivity index (χ4n) is 1.66. The van der Waals surface area contributed by atoms with Gasteiger partial charge in [-0.25, -0.2) is 9.37 Å². The van der Waals surface area contributed by atoms with Crippen molar-refractivity contribution in [2.75, 3.05) is 6.54 Å². The molecule has 0 aliphatic carbocycles. The molecule has 0 amide bonds. The Hall–Kier alpha value is -1.26. The van der Waals surface area contributed by atoms with E-state index >= 15 is 0 Å². The average Bonchev–Trinajstić information content (AvgIpc) is 2.80. The van der Waals surface area contributed by atoms with E-state index in [0.29, 0.717) is 6.54 Å². The van der Waals surface area contributed by atoms with Crippen molar-refractivity contribution in [3.05, 3.63) is 52.2 Å². The molecule has 1 aromatic heterocycles. The fourth-order valence-corrected chi connectivity index (χ4v) is 2.23. The van der Waals surface area contributed by atoms with Crippen molar-refractivity contribution in [2.45, 2.75) is 12.3 Å².